The number of hydrogen-bond acceptors (Lipinski definition) is 3. The summed E-state index contributed by atoms with van der Waals surface area (Å²) < 4.78 is 11.0. The van der Waals surface area contributed by atoms with Gasteiger partial charge in [-0.3, -0.25) is 0 Å². The molecule has 0 saturated heterocycles. The van der Waals surface area contributed by atoms with Crippen LogP contribution in [0.15, 0.2) is 24.3 Å². The molecule has 0 aliphatic carbocycles. The van der Waals surface area contributed by atoms with Crippen LogP contribution in [0.25, 0.3) is 6.08 Å². The molecular formula is C18H26N2O3. The van der Waals surface area contributed by atoms with Crippen molar-refractivity contribution in [2.45, 2.75) is 27.2 Å². The van der Waals surface area contributed by atoms with Crippen LogP contribution in [0.2, 0.25) is 0 Å². The van der Waals surface area contributed by atoms with E-state index >= 15 is 0 Å². The third kappa shape index (κ3) is 6.22. The summed E-state index contributed by atoms with van der Waals surface area (Å²) >= 11 is 0. The molecule has 0 spiro atoms. The van der Waals surface area contributed by atoms with Gasteiger partial charge in [-0.05, 0) is 29.5 Å². The van der Waals surface area contributed by atoms with E-state index in [1.165, 1.54) is 0 Å². The van der Waals surface area contributed by atoms with Gasteiger partial charge in [0, 0.05) is 13.1 Å². The summed E-state index contributed by atoms with van der Waals surface area (Å²) in [5.41, 5.74) is 1.15. The second kappa shape index (κ2) is 7.90. The molecule has 1 heterocycles. The van der Waals surface area contributed by atoms with Crippen LogP contribution in [-0.4, -0.2) is 32.3 Å². The summed E-state index contributed by atoms with van der Waals surface area (Å²) in [6.07, 6.45) is 4.83. The first-order valence-corrected chi connectivity index (χ1v) is 8.02. The van der Waals surface area contributed by atoms with Crippen molar-refractivity contribution in [1.29, 1.82) is 0 Å². The highest BCUT2D eigenvalue weighted by Gasteiger charge is 2.11. The Kier molecular flexibility index (Phi) is 5.90. The van der Waals surface area contributed by atoms with Gasteiger partial charge < -0.3 is 20.1 Å². The monoisotopic (exact) mass is 318 g/mol. The highest BCUT2D eigenvalue weighted by molar-refractivity contribution is 5.73. The minimum absolute atomic E-state index is 0.0927. The van der Waals surface area contributed by atoms with Crippen molar-refractivity contribution in [2.75, 3.05) is 26.3 Å². The highest BCUT2D eigenvalue weighted by atomic mass is 16.6. The summed E-state index contributed by atoms with van der Waals surface area (Å²) in [5, 5.41) is 5.71. The van der Waals surface area contributed by atoms with Gasteiger partial charge in [-0.15, -0.1) is 0 Å². The Hall–Kier alpha value is -2.17. The summed E-state index contributed by atoms with van der Waals surface area (Å²) in [7, 11) is 0. The quantitative estimate of drug-likeness (QED) is 0.820. The normalized spacial score (nSPS) is 13.9. The number of fused-ring (bicyclic) bond motifs is 1. The van der Waals surface area contributed by atoms with Gasteiger partial charge in [-0.2, -0.15) is 0 Å². The summed E-state index contributed by atoms with van der Waals surface area (Å²) in [6, 6.07) is 5.77. The molecule has 0 atom stereocenters. The predicted octanol–water partition coefficient (Wildman–Crippen LogP) is 3.21. The number of rotatable bonds is 5. The molecule has 23 heavy (non-hydrogen) atoms. The summed E-state index contributed by atoms with van der Waals surface area (Å²) in [5.74, 6) is 1.59. The van der Waals surface area contributed by atoms with Crippen molar-refractivity contribution in [3.63, 3.8) is 0 Å². The van der Waals surface area contributed by atoms with E-state index in [-0.39, 0.29) is 11.4 Å². The van der Waals surface area contributed by atoms with Crippen LogP contribution < -0.4 is 20.1 Å². The molecule has 5 heteroatoms. The number of carbonyl (C=O) groups is 1. The summed E-state index contributed by atoms with van der Waals surface area (Å²) in [4.78, 5) is 11.6. The standard InChI is InChI=1S/C18H26N2O3/c1-18(2,3)13-20-17(21)19-9-5-4-6-14-7-8-15-16(12-14)23-11-10-22-15/h4,6-8,12H,5,9-11,13H2,1-3H3,(H2,19,20,21)/b6-4+. The SMILES string of the molecule is CC(C)(C)CNC(=O)NCC/C=C/c1ccc2c(c1)OCCO2. The molecule has 0 bridgehead atoms. The van der Waals surface area contributed by atoms with Gasteiger partial charge >= 0.3 is 6.03 Å². The van der Waals surface area contributed by atoms with Crippen LogP contribution in [0.5, 0.6) is 11.5 Å². The molecule has 1 aromatic rings. The third-order valence-electron chi connectivity index (χ3n) is 3.25. The van der Waals surface area contributed by atoms with Crippen molar-refractivity contribution < 1.29 is 14.3 Å². The van der Waals surface area contributed by atoms with Crippen LogP contribution in [-0.2, 0) is 0 Å². The molecular weight excluding hydrogens is 292 g/mol. The van der Waals surface area contributed by atoms with E-state index < -0.39 is 0 Å². The first-order chi connectivity index (χ1) is 10.9. The Morgan fingerprint density at radius 3 is 2.65 bits per heavy atom. The smallest absolute Gasteiger partial charge is 0.314 e. The maximum absolute atomic E-state index is 11.6. The lowest BCUT2D eigenvalue weighted by atomic mass is 9.97. The maximum Gasteiger partial charge on any atom is 0.314 e. The number of hydrogen-bond donors (Lipinski definition) is 2. The molecule has 2 N–H and O–H groups in total. The minimum Gasteiger partial charge on any atom is -0.486 e. The largest absolute Gasteiger partial charge is 0.486 e. The van der Waals surface area contributed by atoms with E-state index in [2.05, 4.69) is 31.4 Å². The second-order valence-corrected chi connectivity index (χ2v) is 6.76. The molecule has 5 nitrogen and oxygen atoms in total. The Morgan fingerprint density at radius 2 is 1.91 bits per heavy atom. The molecule has 0 fully saturated rings. The van der Waals surface area contributed by atoms with E-state index in [0.29, 0.717) is 26.3 Å². The van der Waals surface area contributed by atoms with Crippen molar-refractivity contribution in [3.8, 4) is 11.5 Å². The molecule has 0 aromatic heterocycles. The summed E-state index contributed by atoms with van der Waals surface area (Å²) in [6.45, 7) is 8.72. The van der Waals surface area contributed by atoms with Gasteiger partial charge in [0.2, 0.25) is 0 Å². The van der Waals surface area contributed by atoms with Crippen LogP contribution in [0, 0.1) is 5.41 Å². The number of nitrogens with one attached hydrogen (secondary N) is 2. The molecule has 1 aliphatic heterocycles. The minimum atomic E-state index is -0.118. The van der Waals surface area contributed by atoms with E-state index in [0.717, 1.165) is 23.5 Å². The molecule has 0 unspecified atom stereocenters. The first-order valence-electron chi connectivity index (χ1n) is 8.02. The number of urea groups is 1. The fourth-order valence-electron chi connectivity index (χ4n) is 2.06. The van der Waals surface area contributed by atoms with Gasteiger partial charge in [-0.1, -0.05) is 39.0 Å². The second-order valence-electron chi connectivity index (χ2n) is 6.76. The zero-order valence-electron chi connectivity index (χ0n) is 14.1. The van der Waals surface area contributed by atoms with E-state index in [9.17, 15) is 4.79 Å². The molecule has 1 aromatic carbocycles. The Balaban J connectivity index is 1.70. The zero-order chi connectivity index (χ0) is 16.7. The molecule has 0 radical (unpaired) electrons. The van der Waals surface area contributed by atoms with Crippen molar-refractivity contribution in [1.82, 2.24) is 10.6 Å². The molecule has 126 valence electrons. The van der Waals surface area contributed by atoms with Crippen LogP contribution in [0.1, 0.15) is 32.8 Å². The van der Waals surface area contributed by atoms with E-state index in [1.54, 1.807) is 0 Å². The first kappa shape index (κ1) is 17.2. The van der Waals surface area contributed by atoms with Gasteiger partial charge in [-0.25, -0.2) is 4.79 Å². The molecule has 2 rings (SSSR count). The van der Waals surface area contributed by atoms with E-state index in [4.69, 9.17) is 9.47 Å². The molecule has 2 amide bonds. The number of ether oxygens (including phenoxy) is 2. The number of amides is 2. The Morgan fingerprint density at radius 1 is 1.17 bits per heavy atom. The molecule has 0 saturated carbocycles. The Labute approximate surface area is 138 Å². The zero-order valence-corrected chi connectivity index (χ0v) is 14.1. The lowest BCUT2D eigenvalue weighted by Crippen LogP contribution is -2.40. The van der Waals surface area contributed by atoms with Crippen molar-refractivity contribution in [3.05, 3.63) is 29.8 Å². The highest BCUT2D eigenvalue weighted by Crippen LogP contribution is 2.31. The number of benzene rings is 1. The predicted molar refractivity (Wildman–Crippen MR) is 91.9 cm³/mol. The van der Waals surface area contributed by atoms with Crippen LogP contribution >= 0.6 is 0 Å². The lowest BCUT2D eigenvalue weighted by Gasteiger charge is -2.18. The van der Waals surface area contributed by atoms with Crippen molar-refractivity contribution in [2.24, 2.45) is 5.41 Å². The maximum atomic E-state index is 11.6. The van der Waals surface area contributed by atoms with E-state index in [1.807, 2.05) is 30.4 Å². The van der Waals surface area contributed by atoms with Crippen molar-refractivity contribution >= 4 is 12.1 Å². The Bertz CT molecular complexity index is 562. The number of carbonyl (C=O) groups excluding carboxylic acids is 1. The van der Waals surface area contributed by atoms with Crippen LogP contribution in [0.4, 0.5) is 4.79 Å². The van der Waals surface area contributed by atoms with Crippen LogP contribution in [0.3, 0.4) is 0 Å². The van der Waals surface area contributed by atoms with Gasteiger partial charge in [0.25, 0.3) is 0 Å². The van der Waals surface area contributed by atoms with Gasteiger partial charge in [0.05, 0.1) is 0 Å². The third-order valence-corrected chi connectivity index (χ3v) is 3.25. The molecule has 1 aliphatic rings. The topological polar surface area (TPSA) is 59.6 Å². The van der Waals surface area contributed by atoms with Gasteiger partial charge in [0.15, 0.2) is 11.5 Å². The average Bonchev–Trinajstić information content (AvgIpc) is 2.52. The fraction of sp³-hybridized carbons (Fsp3) is 0.500. The average molecular weight is 318 g/mol. The fourth-order valence-corrected chi connectivity index (χ4v) is 2.06. The van der Waals surface area contributed by atoms with Gasteiger partial charge in [0.1, 0.15) is 13.2 Å². The lowest BCUT2D eigenvalue weighted by molar-refractivity contribution is 0.171.